The van der Waals surface area contributed by atoms with Gasteiger partial charge in [-0.3, -0.25) is 14.4 Å². The highest BCUT2D eigenvalue weighted by atomic mass is 16.5. The third-order valence-electron chi connectivity index (χ3n) is 2.23. The normalized spacial score (nSPS) is 14.1. The smallest absolute Gasteiger partial charge is 0.317 e. The summed E-state index contributed by atoms with van der Waals surface area (Å²) in [7, 11) is 2.53. The lowest BCUT2D eigenvalue weighted by atomic mass is 9.87. The molecule has 0 radical (unpaired) electrons. The molecule has 15 heavy (non-hydrogen) atoms. The van der Waals surface area contributed by atoms with Gasteiger partial charge in [0, 0.05) is 13.0 Å². The summed E-state index contributed by atoms with van der Waals surface area (Å²) in [4.78, 5) is 33.9. The number of carbonyl (C=O) groups is 3. The molecule has 0 heterocycles. The van der Waals surface area contributed by atoms with Crippen molar-refractivity contribution in [3.8, 4) is 0 Å². The van der Waals surface area contributed by atoms with Crippen LogP contribution < -0.4 is 0 Å². The summed E-state index contributed by atoms with van der Waals surface area (Å²) in [6, 6.07) is 0. The molecule has 0 aromatic rings. The van der Waals surface area contributed by atoms with E-state index in [2.05, 4.69) is 9.47 Å². The minimum atomic E-state index is -1.06. The van der Waals surface area contributed by atoms with Gasteiger partial charge in [-0.2, -0.15) is 0 Å². The summed E-state index contributed by atoms with van der Waals surface area (Å²) in [5.74, 6) is -3.10. The van der Waals surface area contributed by atoms with E-state index >= 15 is 0 Å². The van der Waals surface area contributed by atoms with Gasteiger partial charge in [0.2, 0.25) is 0 Å². The third-order valence-corrected chi connectivity index (χ3v) is 2.23. The maximum absolute atomic E-state index is 11.5. The van der Waals surface area contributed by atoms with E-state index in [9.17, 15) is 14.4 Å². The van der Waals surface area contributed by atoms with Crippen molar-refractivity contribution in [1.29, 1.82) is 0 Å². The van der Waals surface area contributed by atoms with E-state index in [1.807, 2.05) is 0 Å². The van der Waals surface area contributed by atoms with Crippen molar-refractivity contribution >= 4 is 17.5 Å². The molecule has 5 heteroatoms. The zero-order valence-corrected chi connectivity index (χ0v) is 9.40. The van der Waals surface area contributed by atoms with Crippen molar-refractivity contribution in [3.05, 3.63) is 0 Å². The number of ketones is 2. The van der Waals surface area contributed by atoms with Crippen molar-refractivity contribution in [2.75, 3.05) is 20.8 Å². The molecule has 0 aromatic heterocycles. The minimum absolute atomic E-state index is 0.197. The Morgan fingerprint density at radius 2 is 1.73 bits per heavy atom. The average molecular weight is 216 g/mol. The fourth-order valence-electron chi connectivity index (χ4n) is 1.21. The molecule has 0 aromatic carbocycles. The molecule has 2 unspecified atom stereocenters. The molecule has 0 saturated carbocycles. The summed E-state index contributed by atoms with van der Waals surface area (Å²) in [5.41, 5.74) is 0. The summed E-state index contributed by atoms with van der Waals surface area (Å²) >= 11 is 0. The van der Waals surface area contributed by atoms with Crippen molar-refractivity contribution in [2.24, 2.45) is 11.8 Å². The first-order valence-electron chi connectivity index (χ1n) is 4.55. The monoisotopic (exact) mass is 216 g/mol. The Balaban J connectivity index is 4.80. The summed E-state index contributed by atoms with van der Waals surface area (Å²) in [5, 5.41) is 0. The van der Waals surface area contributed by atoms with Crippen molar-refractivity contribution in [3.63, 3.8) is 0 Å². The molecule has 0 aliphatic carbocycles. The average Bonchev–Trinajstić information content (AvgIpc) is 2.17. The summed E-state index contributed by atoms with van der Waals surface area (Å²) in [6.07, 6.45) is 0. The van der Waals surface area contributed by atoms with Crippen LogP contribution in [-0.2, 0) is 23.9 Å². The van der Waals surface area contributed by atoms with Gasteiger partial charge >= 0.3 is 5.97 Å². The second kappa shape index (κ2) is 6.29. The lowest BCUT2D eigenvalue weighted by molar-refractivity contribution is -0.154. The Bertz CT molecular complexity index is 259. The molecule has 0 rings (SSSR count). The molecule has 0 aliphatic rings. The Morgan fingerprint density at radius 1 is 1.20 bits per heavy atom. The number of carbonyl (C=O) groups excluding carboxylic acids is 3. The summed E-state index contributed by atoms with van der Waals surface area (Å²) in [6.45, 7) is 2.66. The van der Waals surface area contributed by atoms with Crippen LogP contribution in [0, 0.1) is 11.8 Å². The second-order valence-electron chi connectivity index (χ2n) is 3.30. The molecule has 86 valence electrons. The van der Waals surface area contributed by atoms with Gasteiger partial charge in [0.05, 0.1) is 7.11 Å². The van der Waals surface area contributed by atoms with E-state index in [-0.39, 0.29) is 12.4 Å². The molecule has 0 spiro atoms. The number of methoxy groups -OCH3 is 2. The maximum atomic E-state index is 11.5. The molecule has 2 atom stereocenters. The molecule has 0 saturated heterocycles. The predicted molar refractivity (Wildman–Crippen MR) is 52.2 cm³/mol. The van der Waals surface area contributed by atoms with Crippen molar-refractivity contribution in [1.82, 2.24) is 0 Å². The zero-order valence-electron chi connectivity index (χ0n) is 9.40. The van der Waals surface area contributed by atoms with Crippen LogP contribution in [0.1, 0.15) is 13.8 Å². The Labute approximate surface area is 88.7 Å². The number of Topliss-reactive ketones (excluding diaryl/α,β-unsaturated/α-hetero) is 2. The van der Waals surface area contributed by atoms with Crippen LogP contribution >= 0.6 is 0 Å². The van der Waals surface area contributed by atoms with Crippen LogP contribution in [0.4, 0.5) is 0 Å². The van der Waals surface area contributed by atoms with Crippen LogP contribution in [-0.4, -0.2) is 38.4 Å². The molecule has 0 N–H and O–H groups in total. The van der Waals surface area contributed by atoms with Crippen LogP contribution in [0.15, 0.2) is 0 Å². The van der Waals surface area contributed by atoms with E-state index in [4.69, 9.17) is 0 Å². The predicted octanol–water partition coefficient (Wildman–Crippen LogP) is 0.216. The Morgan fingerprint density at radius 3 is 2.07 bits per heavy atom. The Kier molecular flexibility index (Phi) is 5.77. The van der Waals surface area contributed by atoms with Crippen molar-refractivity contribution in [2.45, 2.75) is 13.8 Å². The largest absolute Gasteiger partial charge is 0.468 e. The highest BCUT2D eigenvalue weighted by Crippen LogP contribution is 2.16. The van der Waals surface area contributed by atoms with E-state index in [1.54, 1.807) is 0 Å². The van der Waals surface area contributed by atoms with Gasteiger partial charge in [-0.15, -0.1) is 0 Å². The maximum Gasteiger partial charge on any atom is 0.317 e. The zero-order chi connectivity index (χ0) is 12.0. The minimum Gasteiger partial charge on any atom is -0.468 e. The lowest BCUT2D eigenvalue weighted by Crippen LogP contribution is -2.36. The van der Waals surface area contributed by atoms with E-state index < -0.39 is 23.6 Å². The van der Waals surface area contributed by atoms with E-state index in [0.717, 1.165) is 0 Å². The number of ether oxygens (including phenoxy) is 2. The molecule has 5 nitrogen and oxygen atoms in total. The van der Waals surface area contributed by atoms with Gasteiger partial charge in [-0.25, -0.2) is 0 Å². The van der Waals surface area contributed by atoms with Crippen LogP contribution in [0.5, 0.6) is 0 Å². The number of hydrogen-bond donors (Lipinski definition) is 0. The van der Waals surface area contributed by atoms with Gasteiger partial charge in [0.1, 0.15) is 18.3 Å². The quantitative estimate of drug-likeness (QED) is 0.469. The van der Waals surface area contributed by atoms with Gasteiger partial charge in [-0.05, 0) is 6.92 Å². The van der Waals surface area contributed by atoms with Gasteiger partial charge in [-0.1, -0.05) is 6.92 Å². The first-order chi connectivity index (χ1) is 6.95. The van der Waals surface area contributed by atoms with E-state index in [0.29, 0.717) is 0 Å². The second-order valence-corrected chi connectivity index (χ2v) is 3.30. The molecular weight excluding hydrogens is 200 g/mol. The molecule has 0 aliphatic heterocycles. The molecule has 0 amide bonds. The molecular formula is C10H16O5. The van der Waals surface area contributed by atoms with Crippen LogP contribution in [0.25, 0.3) is 0 Å². The molecule has 0 fully saturated rings. The number of esters is 1. The van der Waals surface area contributed by atoms with Gasteiger partial charge in [0.15, 0.2) is 5.78 Å². The van der Waals surface area contributed by atoms with E-state index in [1.165, 1.54) is 28.1 Å². The topological polar surface area (TPSA) is 69.7 Å². The highest BCUT2D eigenvalue weighted by Gasteiger charge is 2.35. The first kappa shape index (κ1) is 13.8. The number of hydrogen-bond acceptors (Lipinski definition) is 5. The lowest BCUT2D eigenvalue weighted by Gasteiger charge is -2.17. The van der Waals surface area contributed by atoms with Crippen LogP contribution in [0.2, 0.25) is 0 Å². The van der Waals surface area contributed by atoms with Gasteiger partial charge < -0.3 is 9.47 Å². The fraction of sp³-hybridized carbons (Fsp3) is 0.700. The van der Waals surface area contributed by atoms with Crippen molar-refractivity contribution < 1.29 is 23.9 Å². The first-order valence-corrected chi connectivity index (χ1v) is 4.55. The fourth-order valence-corrected chi connectivity index (χ4v) is 1.21. The Hall–Kier alpha value is -1.23. The SMILES string of the molecule is COCC(=O)C(C(=O)OC)C(C)C(C)=O. The highest BCUT2D eigenvalue weighted by molar-refractivity contribution is 6.03. The molecule has 0 bridgehead atoms. The standard InChI is InChI=1S/C10H16O5/c1-6(7(2)11)9(10(13)15-4)8(12)5-14-3/h6,9H,5H2,1-4H3. The number of rotatable bonds is 6. The summed E-state index contributed by atoms with van der Waals surface area (Å²) < 4.78 is 9.12. The third kappa shape index (κ3) is 3.79. The van der Waals surface area contributed by atoms with Gasteiger partial charge in [0.25, 0.3) is 0 Å². The van der Waals surface area contributed by atoms with Crippen LogP contribution in [0.3, 0.4) is 0 Å².